The van der Waals surface area contributed by atoms with Crippen LogP contribution in [0.15, 0.2) is 30.3 Å². The van der Waals surface area contributed by atoms with E-state index in [0.717, 1.165) is 5.69 Å². The topological polar surface area (TPSA) is 26.0 Å². The van der Waals surface area contributed by atoms with Gasteiger partial charge in [0.15, 0.2) is 0 Å². The molecule has 2 heteroatoms. The van der Waals surface area contributed by atoms with Crippen LogP contribution in [0, 0.1) is 0 Å². The first-order chi connectivity index (χ1) is 3.39. The molecule has 0 amide bonds. The van der Waals surface area contributed by atoms with Crippen molar-refractivity contribution in [1.29, 1.82) is 0 Å². The second kappa shape index (κ2) is 3.51. The summed E-state index contributed by atoms with van der Waals surface area (Å²) in [6.07, 6.45) is 0. The van der Waals surface area contributed by atoms with Crippen LogP contribution in [0.5, 0.6) is 0 Å². The van der Waals surface area contributed by atoms with Gasteiger partial charge >= 0.3 is 16.5 Å². The van der Waals surface area contributed by atoms with Crippen molar-refractivity contribution in [2.45, 2.75) is 0 Å². The smallest absolute Gasteiger partial charge is 0.399 e. The average molecular weight is 152 g/mol. The summed E-state index contributed by atoms with van der Waals surface area (Å²) in [5, 5.41) is 0. The Morgan fingerprint density at radius 2 is 1.50 bits per heavy atom. The first-order valence-electron chi connectivity index (χ1n) is 2.20. The Morgan fingerprint density at radius 1 is 1.00 bits per heavy atom. The molecule has 0 spiro atoms. The predicted molar refractivity (Wildman–Crippen MR) is 30.9 cm³/mol. The molecule has 44 valence electrons. The molecule has 0 saturated carbocycles. The number of hydrogen-bond donors (Lipinski definition) is 1. The summed E-state index contributed by atoms with van der Waals surface area (Å²) in [5.74, 6) is 0. The Labute approximate surface area is 58.8 Å². The number of nitrogens with two attached hydrogens (primary N) is 1. The fourth-order valence-corrected chi connectivity index (χ4v) is 0.453. The van der Waals surface area contributed by atoms with Crippen LogP contribution in [0.3, 0.4) is 0 Å². The van der Waals surface area contributed by atoms with Gasteiger partial charge in [0.1, 0.15) is 0 Å². The normalized spacial score (nSPS) is 7.50. The fourth-order valence-electron chi connectivity index (χ4n) is 0.453. The zero-order valence-electron chi connectivity index (χ0n) is 4.28. The summed E-state index contributed by atoms with van der Waals surface area (Å²) in [6, 6.07) is 9.49. The molecule has 0 aromatic heterocycles. The van der Waals surface area contributed by atoms with Crippen LogP contribution in [0.25, 0.3) is 0 Å². The predicted octanol–water partition coefficient (Wildman–Crippen LogP) is 1.27. The first-order valence-corrected chi connectivity index (χ1v) is 2.20. The van der Waals surface area contributed by atoms with Gasteiger partial charge in [-0.1, -0.05) is 18.2 Å². The van der Waals surface area contributed by atoms with Gasteiger partial charge in [-0.25, -0.2) is 0 Å². The van der Waals surface area contributed by atoms with E-state index in [2.05, 4.69) is 0 Å². The van der Waals surface area contributed by atoms with E-state index in [1.54, 1.807) is 0 Å². The van der Waals surface area contributed by atoms with Gasteiger partial charge in [-0.15, -0.1) is 0 Å². The second-order valence-corrected chi connectivity index (χ2v) is 1.41. The maximum absolute atomic E-state index is 5.36. The molecule has 1 aromatic rings. The molecule has 1 rings (SSSR count). The van der Waals surface area contributed by atoms with E-state index in [4.69, 9.17) is 5.73 Å². The number of nitrogen functional groups attached to an aromatic ring is 1. The van der Waals surface area contributed by atoms with Crippen LogP contribution in [0.1, 0.15) is 0 Å². The van der Waals surface area contributed by atoms with E-state index in [1.165, 1.54) is 0 Å². The van der Waals surface area contributed by atoms with Crippen molar-refractivity contribution < 1.29 is 16.5 Å². The van der Waals surface area contributed by atoms with Gasteiger partial charge in [-0.2, -0.15) is 0 Å². The molecule has 0 heterocycles. The van der Waals surface area contributed by atoms with Crippen LogP contribution in [0.4, 0.5) is 5.69 Å². The molecule has 8 heavy (non-hydrogen) atoms. The van der Waals surface area contributed by atoms with E-state index in [1.807, 2.05) is 30.3 Å². The van der Waals surface area contributed by atoms with Crippen LogP contribution < -0.4 is 5.73 Å². The maximum atomic E-state index is 5.36. The molecule has 0 atom stereocenters. The maximum Gasteiger partial charge on any atom is 2.00 e. The summed E-state index contributed by atoms with van der Waals surface area (Å²) in [6.45, 7) is 0. The van der Waals surface area contributed by atoms with E-state index < -0.39 is 0 Å². The number of benzene rings is 1. The SMILES string of the molecule is Nc1ccccc1.[Ni+2]. The van der Waals surface area contributed by atoms with Gasteiger partial charge in [0.2, 0.25) is 0 Å². The number of anilines is 1. The Morgan fingerprint density at radius 3 is 1.75 bits per heavy atom. The largest absolute Gasteiger partial charge is 2.00 e. The monoisotopic (exact) mass is 151 g/mol. The molecule has 1 nitrogen and oxygen atoms in total. The number of rotatable bonds is 0. The average Bonchev–Trinajstić information content (AvgIpc) is 1.69. The summed E-state index contributed by atoms with van der Waals surface area (Å²) in [5.41, 5.74) is 6.18. The van der Waals surface area contributed by atoms with Crippen LogP contribution >= 0.6 is 0 Å². The zero-order valence-corrected chi connectivity index (χ0v) is 5.27. The van der Waals surface area contributed by atoms with Gasteiger partial charge in [0.05, 0.1) is 0 Å². The van der Waals surface area contributed by atoms with Crippen molar-refractivity contribution in [2.24, 2.45) is 0 Å². The standard InChI is InChI=1S/C6H7N.Ni/c7-6-4-2-1-3-5-6;/h1-5H,7H2;/q;+2. The summed E-state index contributed by atoms with van der Waals surface area (Å²) >= 11 is 0. The third kappa shape index (κ3) is 1.99. The Balaban J connectivity index is 0.000000490. The Hall–Kier alpha value is -0.486. The van der Waals surface area contributed by atoms with E-state index in [9.17, 15) is 0 Å². The molecule has 2 N–H and O–H groups in total. The van der Waals surface area contributed by atoms with Gasteiger partial charge < -0.3 is 5.73 Å². The third-order valence-corrected chi connectivity index (χ3v) is 0.800. The van der Waals surface area contributed by atoms with E-state index in [-0.39, 0.29) is 16.5 Å². The van der Waals surface area contributed by atoms with Crippen molar-refractivity contribution in [1.82, 2.24) is 0 Å². The molecule has 0 unspecified atom stereocenters. The van der Waals surface area contributed by atoms with Crippen LogP contribution in [-0.4, -0.2) is 0 Å². The molecule has 0 aliphatic rings. The van der Waals surface area contributed by atoms with Crippen molar-refractivity contribution in [2.75, 3.05) is 5.73 Å². The first kappa shape index (κ1) is 7.51. The van der Waals surface area contributed by atoms with Gasteiger partial charge in [0, 0.05) is 5.69 Å². The molecule has 0 aliphatic heterocycles. The minimum atomic E-state index is 0. The molecule has 0 radical (unpaired) electrons. The molecule has 1 aromatic carbocycles. The number of para-hydroxylation sites is 1. The van der Waals surface area contributed by atoms with E-state index >= 15 is 0 Å². The van der Waals surface area contributed by atoms with Gasteiger partial charge in [0.25, 0.3) is 0 Å². The fraction of sp³-hybridized carbons (Fsp3) is 0. The van der Waals surface area contributed by atoms with E-state index in [0.29, 0.717) is 0 Å². The minimum Gasteiger partial charge on any atom is -0.399 e. The van der Waals surface area contributed by atoms with Gasteiger partial charge in [-0.3, -0.25) is 0 Å². The van der Waals surface area contributed by atoms with Crippen molar-refractivity contribution >= 4 is 5.69 Å². The van der Waals surface area contributed by atoms with Crippen molar-refractivity contribution in [3.05, 3.63) is 30.3 Å². The summed E-state index contributed by atoms with van der Waals surface area (Å²) in [4.78, 5) is 0. The Bertz CT molecular complexity index is 138. The molecule has 0 aliphatic carbocycles. The van der Waals surface area contributed by atoms with Crippen molar-refractivity contribution in [3.63, 3.8) is 0 Å². The third-order valence-electron chi connectivity index (χ3n) is 0.800. The van der Waals surface area contributed by atoms with Gasteiger partial charge in [-0.05, 0) is 12.1 Å². The summed E-state index contributed by atoms with van der Waals surface area (Å²) < 4.78 is 0. The molecule has 0 bridgehead atoms. The summed E-state index contributed by atoms with van der Waals surface area (Å²) in [7, 11) is 0. The molecular weight excluding hydrogens is 145 g/mol. The number of hydrogen-bond acceptors (Lipinski definition) is 1. The minimum absolute atomic E-state index is 0. The molecule has 0 saturated heterocycles. The Kier molecular flexibility index (Phi) is 3.29. The zero-order chi connectivity index (χ0) is 5.11. The van der Waals surface area contributed by atoms with Crippen molar-refractivity contribution in [3.8, 4) is 0 Å². The van der Waals surface area contributed by atoms with Crippen LogP contribution in [0.2, 0.25) is 0 Å². The quantitative estimate of drug-likeness (QED) is 0.439. The molecule has 0 fully saturated rings. The molecular formula is C6H7NNi+2. The van der Waals surface area contributed by atoms with Crippen LogP contribution in [-0.2, 0) is 16.5 Å². The second-order valence-electron chi connectivity index (χ2n) is 1.41.